The molecule has 1 aromatic heterocycles. The predicted molar refractivity (Wildman–Crippen MR) is 76.7 cm³/mol. The lowest BCUT2D eigenvalue weighted by molar-refractivity contribution is -0.0787. The number of nitrogens with zero attached hydrogens (tertiary/aromatic N) is 3. The Bertz CT molecular complexity index is 559. The maximum atomic E-state index is 11.8. The molecule has 8 nitrogen and oxygen atoms in total. The van der Waals surface area contributed by atoms with E-state index >= 15 is 0 Å². The number of aromatic amines is 1. The highest BCUT2D eigenvalue weighted by molar-refractivity contribution is 5.71. The number of nitrogens with two attached hydrogens (primary N) is 1. The number of H-pyrrole nitrogens is 1. The Labute approximate surface area is 116 Å². The predicted octanol–water partition coefficient (Wildman–Crippen LogP) is -0.392. The third kappa shape index (κ3) is 2.20. The lowest BCUT2D eigenvalue weighted by Gasteiger charge is -2.40. The molecule has 2 aliphatic rings. The molecule has 0 radical (unpaired) electrons. The van der Waals surface area contributed by atoms with Crippen molar-refractivity contribution < 1.29 is 4.74 Å². The summed E-state index contributed by atoms with van der Waals surface area (Å²) in [6, 6.07) is 0. The van der Waals surface area contributed by atoms with E-state index in [9.17, 15) is 4.79 Å². The molecule has 2 atom stereocenters. The first-order valence-corrected chi connectivity index (χ1v) is 6.82. The van der Waals surface area contributed by atoms with E-state index in [0.717, 1.165) is 19.5 Å². The van der Waals surface area contributed by atoms with Gasteiger partial charge in [-0.25, -0.2) is 0 Å². The SMILES string of the molecule is CCC1CN(C)CC(N2CNc3c2nc(N)[nH]c3=O)O1. The number of anilines is 3. The zero-order chi connectivity index (χ0) is 14.3. The molecule has 8 heteroatoms. The summed E-state index contributed by atoms with van der Waals surface area (Å²) < 4.78 is 6.08. The molecular formula is C12H20N6O2. The number of morpholine rings is 1. The number of ether oxygens (including phenoxy) is 1. The van der Waals surface area contributed by atoms with E-state index < -0.39 is 0 Å². The maximum Gasteiger partial charge on any atom is 0.277 e. The largest absolute Gasteiger partial charge is 0.369 e. The first kappa shape index (κ1) is 13.2. The first-order valence-electron chi connectivity index (χ1n) is 6.82. The summed E-state index contributed by atoms with van der Waals surface area (Å²) in [5.41, 5.74) is 5.85. The molecule has 2 unspecified atom stereocenters. The molecule has 20 heavy (non-hydrogen) atoms. The number of hydrogen-bond acceptors (Lipinski definition) is 7. The van der Waals surface area contributed by atoms with Crippen LogP contribution in [0, 0.1) is 0 Å². The number of aromatic nitrogens is 2. The topological polar surface area (TPSA) is 99.5 Å². The van der Waals surface area contributed by atoms with E-state index in [1.807, 2.05) is 4.90 Å². The summed E-state index contributed by atoms with van der Waals surface area (Å²) in [7, 11) is 2.07. The third-order valence-corrected chi connectivity index (χ3v) is 3.75. The molecule has 0 aliphatic carbocycles. The van der Waals surface area contributed by atoms with Crippen molar-refractivity contribution in [2.24, 2.45) is 0 Å². The molecule has 0 spiro atoms. The van der Waals surface area contributed by atoms with Gasteiger partial charge in [-0.05, 0) is 13.5 Å². The summed E-state index contributed by atoms with van der Waals surface area (Å²) in [4.78, 5) is 22.7. The molecule has 0 aromatic carbocycles. The molecule has 110 valence electrons. The van der Waals surface area contributed by atoms with E-state index in [4.69, 9.17) is 10.5 Å². The normalized spacial score (nSPS) is 26.4. The zero-order valence-corrected chi connectivity index (χ0v) is 11.7. The molecule has 3 heterocycles. The number of fused-ring (bicyclic) bond motifs is 1. The second-order valence-corrected chi connectivity index (χ2v) is 5.30. The lowest BCUT2D eigenvalue weighted by atomic mass is 10.2. The molecule has 0 bridgehead atoms. The fraction of sp³-hybridized carbons (Fsp3) is 0.667. The van der Waals surface area contributed by atoms with Crippen LogP contribution in [0.3, 0.4) is 0 Å². The van der Waals surface area contributed by atoms with Gasteiger partial charge in [0.1, 0.15) is 11.9 Å². The van der Waals surface area contributed by atoms with E-state index in [1.54, 1.807) is 0 Å². The summed E-state index contributed by atoms with van der Waals surface area (Å²) in [6.07, 6.45) is 1.03. The molecule has 2 aliphatic heterocycles. The fourth-order valence-electron chi connectivity index (χ4n) is 2.72. The van der Waals surface area contributed by atoms with Crippen LogP contribution in [0.4, 0.5) is 17.5 Å². The van der Waals surface area contributed by atoms with Crippen LogP contribution in [0.25, 0.3) is 0 Å². The lowest BCUT2D eigenvalue weighted by Crippen LogP contribution is -2.53. The second-order valence-electron chi connectivity index (χ2n) is 5.30. The Morgan fingerprint density at radius 2 is 2.30 bits per heavy atom. The number of nitrogens with one attached hydrogen (secondary N) is 2. The molecular weight excluding hydrogens is 260 g/mol. The van der Waals surface area contributed by atoms with Gasteiger partial charge in [-0.15, -0.1) is 0 Å². The molecule has 1 fully saturated rings. The standard InChI is InChI=1S/C12H20N6O2/c1-3-7-4-17(2)5-8(20-7)18-6-14-9-10(18)15-12(13)16-11(9)19/h7-8,14H,3-6H2,1-2H3,(H3,13,15,16,19). The molecule has 1 aromatic rings. The van der Waals surface area contributed by atoms with Crippen LogP contribution >= 0.6 is 0 Å². The van der Waals surface area contributed by atoms with Gasteiger partial charge in [0.15, 0.2) is 5.82 Å². The van der Waals surface area contributed by atoms with Crippen molar-refractivity contribution in [1.29, 1.82) is 0 Å². The van der Waals surface area contributed by atoms with Gasteiger partial charge in [0.25, 0.3) is 5.56 Å². The molecule has 4 N–H and O–H groups in total. The Kier molecular flexibility index (Phi) is 3.27. The minimum atomic E-state index is -0.244. The van der Waals surface area contributed by atoms with Crippen LogP contribution in [-0.4, -0.2) is 54.0 Å². The smallest absolute Gasteiger partial charge is 0.277 e. The van der Waals surface area contributed by atoms with Gasteiger partial charge >= 0.3 is 0 Å². The third-order valence-electron chi connectivity index (χ3n) is 3.75. The average Bonchev–Trinajstić information content (AvgIpc) is 2.81. The molecule has 0 saturated carbocycles. The van der Waals surface area contributed by atoms with E-state index in [-0.39, 0.29) is 23.8 Å². The van der Waals surface area contributed by atoms with Crippen molar-refractivity contribution in [1.82, 2.24) is 14.9 Å². The molecule has 1 saturated heterocycles. The van der Waals surface area contributed by atoms with Crippen LogP contribution < -0.4 is 21.5 Å². The maximum absolute atomic E-state index is 11.8. The number of nitrogen functional groups attached to an aromatic ring is 1. The van der Waals surface area contributed by atoms with Crippen LogP contribution in [0.15, 0.2) is 4.79 Å². The van der Waals surface area contributed by atoms with Crippen molar-refractivity contribution in [2.45, 2.75) is 25.7 Å². The van der Waals surface area contributed by atoms with E-state index in [2.05, 4.69) is 34.2 Å². The number of likely N-dealkylation sites (N-methyl/N-ethyl adjacent to an activating group) is 1. The summed E-state index contributed by atoms with van der Waals surface area (Å²) in [5, 5.41) is 3.06. The zero-order valence-electron chi connectivity index (χ0n) is 11.7. The Hall–Kier alpha value is -1.80. The van der Waals surface area contributed by atoms with Gasteiger partial charge in [-0.3, -0.25) is 14.7 Å². The second kappa shape index (κ2) is 4.95. The van der Waals surface area contributed by atoms with Crippen LogP contribution in [0.1, 0.15) is 13.3 Å². The Balaban J connectivity index is 1.89. The van der Waals surface area contributed by atoms with Crippen molar-refractivity contribution in [3.05, 3.63) is 10.4 Å². The average molecular weight is 280 g/mol. The first-order chi connectivity index (χ1) is 9.58. The monoisotopic (exact) mass is 280 g/mol. The van der Waals surface area contributed by atoms with Gasteiger partial charge in [-0.2, -0.15) is 4.98 Å². The highest BCUT2D eigenvalue weighted by atomic mass is 16.5. The van der Waals surface area contributed by atoms with Gasteiger partial charge in [0.2, 0.25) is 5.95 Å². The number of rotatable bonds is 2. The minimum absolute atomic E-state index is 0.124. The van der Waals surface area contributed by atoms with Crippen LogP contribution in [0.2, 0.25) is 0 Å². The van der Waals surface area contributed by atoms with Gasteiger partial charge < -0.3 is 20.7 Å². The Morgan fingerprint density at radius 3 is 3.05 bits per heavy atom. The highest BCUT2D eigenvalue weighted by Crippen LogP contribution is 2.29. The van der Waals surface area contributed by atoms with Crippen LogP contribution in [-0.2, 0) is 4.74 Å². The van der Waals surface area contributed by atoms with E-state index in [0.29, 0.717) is 18.2 Å². The Morgan fingerprint density at radius 1 is 1.50 bits per heavy atom. The minimum Gasteiger partial charge on any atom is -0.369 e. The summed E-state index contributed by atoms with van der Waals surface area (Å²) in [5.74, 6) is 0.694. The molecule has 3 rings (SSSR count). The number of hydrogen-bond donors (Lipinski definition) is 3. The van der Waals surface area contributed by atoms with E-state index in [1.165, 1.54) is 0 Å². The summed E-state index contributed by atoms with van der Waals surface area (Å²) in [6.45, 7) is 4.31. The van der Waals surface area contributed by atoms with Crippen molar-refractivity contribution >= 4 is 17.5 Å². The highest BCUT2D eigenvalue weighted by Gasteiger charge is 2.35. The van der Waals surface area contributed by atoms with Crippen molar-refractivity contribution in [3.8, 4) is 0 Å². The van der Waals surface area contributed by atoms with Gasteiger partial charge in [0.05, 0.1) is 12.8 Å². The molecule has 0 amide bonds. The summed E-state index contributed by atoms with van der Waals surface area (Å²) >= 11 is 0. The van der Waals surface area contributed by atoms with Crippen molar-refractivity contribution in [2.75, 3.05) is 42.8 Å². The van der Waals surface area contributed by atoms with Gasteiger partial charge in [-0.1, -0.05) is 6.92 Å². The van der Waals surface area contributed by atoms with Crippen molar-refractivity contribution in [3.63, 3.8) is 0 Å². The quantitative estimate of drug-likeness (QED) is 0.678. The van der Waals surface area contributed by atoms with Gasteiger partial charge in [0, 0.05) is 13.1 Å². The fourth-order valence-corrected chi connectivity index (χ4v) is 2.72. The van der Waals surface area contributed by atoms with Crippen LogP contribution in [0.5, 0.6) is 0 Å².